The van der Waals surface area contributed by atoms with E-state index >= 15 is 0 Å². The summed E-state index contributed by atoms with van der Waals surface area (Å²) in [5, 5.41) is 3.26. The molecule has 19 heavy (non-hydrogen) atoms. The van der Waals surface area contributed by atoms with Crippen LogP contribution in [0, 0.1) is 0 Å². The smallest absolute Gasteiger partial charge is 0.272 e. The highest BCUT2D eigenvalue weighted by Gasteiger charge is 2.13. The molecule has 0 aliphatic rings. The molecule has 0 radical (unpaired) electrons. The lowest BCUT2D eigenvalue weighted by atomic mass is 10.2. The van der Waals surface area contributed by atoms with Crippen LogP contribution in [0.4, 0.5) is 5.69 Å². The summed E-state index contributed by atoms with van der Waals surface area (Å²) >= 11 is 0. The van der Waals surface area contributed by atoms with E-state index in [1.807, 2.05) is 19.9 Å². The van der Waals surface area contributed by atoms with Gasteiger partial charge in [0.2, 0.25) is 0 Å². The molecule has 0 saturated carbocycles. The van der Waals surface area contributed by atoms with Crippen LogP contribution in [0.15, 0.2) is 30.0 Å². The zero-order valence-corrected chi connectivity index (χ0v) is 12.2. The fraction of sp³-hybridized carbons (Fsp3) is 0.467. The first-order valence-corrected chi connectivity index (χ1v) is 6.71. The Labute approximate surface area is 115 Å². The van der Waals surface area contributed by atoms with E-state index in [2.05, 4.69) is 30.2 Å². The number of carbonyl (C=O) groups excluding carboxylic acids is 1. The van der Waals surface area contributed by atoms with E-state index in [9.17, 15) is 4.79 Å². The number of hydrogen-bond donors (Lipinski definition) is 1. The molecule has 1 aromatic rings. The Hall–Kier alpha value is -1.84. The number of nitrogens with zero attached hydrogens (tertiary/aromatic N) is 2. The molecular weight excluding hydrogens is 238 g/mol. The van der Waals surface area contributed by atoms with Crippen LogP contribution >= 0.6 is 0 Å². The van der Waals surface area contributed by atoms with Crippen molar-refractivity contribution in [2.45, 2.75) is 27.7 Å². The van der Waals surface area contributed by atoms with E-state index in [1.54, 1.807) is 17.2 Å². The molecular formula is C15H23N3O. The zero-order chi connectivity index (χ0) is 14.3. The molecule has 0 unspecified atom stereocenters. The number of hydrogen-bond acceptors (Lipinski definition) is 3. The van der Waals surface area contributed by atoms with Crippen molar-refractivity contribution >= 4 is 11.6 Å². The summed E-state index contributed by atoms with van der Waals surface area (Å²) in [6, 6.07) is 3.68. The molecule has 0 fully saturated rings. The van der Waals surface area contributed by atoms with Gasteiger partial charge in [-0.3, -0.25) is 9.78 Å². The maximum atomic E-state index is 12.2. The number of allylic oxidation sites excluding steroid dienone is 1. The number of pyridine rings is 1. The molecule has 1 heterocycles. The minimum atomic E-state index is -0.0177. The predicted molar refractivity (Wildman–Crippen MR) is 79.4 cm³/mol. The lowest BCUT2D eigenvalue weighted by Crippen LogP contribution is -2.31. The van der Waals surface area contributed by atoms with Crippen molar-refractivity contribution in [1.82, 2.24) is 9.88 Å². The Balaban J connectivity index is 2.76. The number of amides is 1. The van der Waals surface area contributed by atoms with E-state index in [-0.39, 0.29) is 5.91 Å². The van der Waals surface area contributed by atoms with Crippen molar-refractivity contribution in [3.8, 4) is 0 Å². The van der Waals surface area contributed by atoms with Gasteiger partial charge >= 0.3 is 0 Å². The lowest BCUT2D eigenvalue weighted by Gasteiger charge is -2.18. The molecule has 1 aromatic heterocycles. The second kappa shape index (κ2) is 7.56. The van der Waals surface area contributed by atoms with Crippen molar-refractivity contribution in [1.29, 1.82) is 0 Å². The van der Waals surface area contributed by atoms with Crippen LogP contribution < -0.4 is 5.32 Å². The first-order valence-electron chi connectivity index (χ1n) is 6.71. The quantitative estimate of drug-likeness (QED) is 0.801. The minimum absolute atomic E-state index is 0.0177. The fourth-order valence-corrected chi connectivity index (χ4v) is 1.70. The highest BCUT2D eigenvalue weighted by atomic mass is 16.2. The minimum Gasteiger partial charge on any atom is -0.381 e. The van der Waals surface area contributed by atoms with Gasteiger partial charge in [0.15, 0.2) is 0 Å². The predicted octanol–water partition coefficient (Wildman–Crippen LogP) is 2.94. The van der Waals surface area contributed by atoms with Gasteiger partial charge in [0.05, 0.1) is 0 Å². The monoisotopic (exact) mass is 261 g/mol. The Morgan fingerprint density at radius 2 is 2.05 bits per heavy atom. The number of anilines is 1. The molecule has 0 bridgehead atoms. The van der Waals surface area contributed by atoms with Crippen molar-refractivity contribution in [2.75, 3.05) is 25.0 Å². The van der Waals surface area contributed by atoms with E-state index in [4.69, 9.17) is 0 Å². The average Bonchev–Trinajstić information content (AvgIpc) is 2.40. The summed E-state index contributed by atoms with van der Waals surface area (Å²) in [7, 11) is 0. The van der Waals surface area contributed by atoms with Crippen molar-refractivity contribution in [2.24, 2.45) is 0 Å². The largest absolute Gasteiger partial charge is 0.381 e. The van der Waals surface area contributed by atoms with Crippen LogP contribution in [0.25, 0.3) is 0 Å². The summed E-state index contributed by atoms with van der Waals surface area (Å²) in [5.41, 5.74) is 2.68. The van der Waals surface area contributed by atoms with Crippen LogP contribution in [0.5, 0.6) is 0 Å². The number of carbonyl (C=O) groups is 1. The van der Waals surface area contributed by atoms with E-state index < -0.39 is 0 Å². The maximum Gasteiger partial charge on any atom is 0.272 e. The summed E-state index contributed by atoms with van der Waals surface area (Å²) in [6.07, 6.45) is 3.77. The van der Waals surface area contributed by atoms with E-state index in [1.165, 1.54) is 5.57 Å². The molecule has 0 spiro atoms. The van der Waals surface area contributed by atoms with Crippen LogP contribution in [-0.4, -0.2) is 35.4 Å². The molecule has 0 aliphatic heterocycles. The van der Waals surface area contributed by atoms with Gasteiger partial charge in [0.25, 0.3) is 5.91 Å². The number of rotatable bonds is 6. The number of aromatic nitrogens is 1. The summed E-state index contributed by atoms with van der Waals surface area (Å²) in [4.78, 5) is 18.1. The van der Waals surface area contributed by atoms with Gasteiger partial charge < -0.3 is 10.2 Å². The summed E-state index contributed by atoms with van der Waals surface area (Å²) < 4.78 is 0. The van der Waals surface area contributed by atoms with Gasteiger partial charge in [-0.05, 0) is 39.8 Å². The Morgan fingerprint density at radius 3 is 2.63 bits per heavy atom. The van der Waals surface area contributed by atoms with E-state index in [0.717, 1.165) is 12.2 Å². The molecule has 1 rings (SSSR count). The normalized spacial score (nSPS) is 9.89. The lowest BCUT2D eigenvalue weighted by molar-refractivity contribution is 0.0767. The molecule has 104 valence electrons. The van der Waals surface area contributed by atoms with Crippen LogP contribution in [0.1, 0.15) is 38.2 Å². The third kappa shape index (κ3) is 4.73. The molecule has 0 atom stereocenters. The molecule has 4 heteroatoms. The van der Waals surface area contributed by atoms with Gasteiger partial charge in [-0.1, -0.05) is 11.6 Å². The Kier molecular flexibility index (Phi) is 6.06. The first-order chi connectivity index (χ1) is 9.08. The van der Waals surface area contributed by atoms with E-state index in [0.29, 0.717) is 18.8 Å². The van der Waals surface area contributed by atoms with Gasteiger partial charge in [0.1, 0.15) is 5.69 Å². The highest BCUT2D eigenvalue weighted by molar-refractivity contribution is 5.93. The molecule has 1 amide bonds. The maximum absolute atomic E-state index is 12.2. The second-order valence-corrected chi connectivity index (χ2v) is 4.57. The highest BCUT2D eigenvalue weighted by Crippen LogP contribution is 2.10. The van der Waals surface area contributed by atoms with Gasteiger partial charge in [-0.15, -0.1) is 0 Å². The Morgan fingerprint density at radius 1 is 1.37 bits per heavy atom. The average molecular weight is 261 g/mol. The zero-order valence-electron chi connectivity index (χ0n) is 12.2. The second-order valence-electron chi connectivity index (χ2n) is 4.57. The first kappa shape index (κ1) is 15.2. The van der Waals surface area contributed by atoms with Crippen LogP contribution in [0.2, 0.25) is 0 Å². The van der Waals surface area contributed by atoms with Crippen molar-refractivity contribution in [3.63, 3.8) is 0 Å². The topological polar surface area (TPSA) is 45.2 Å². The standard InChI is InChI=1S/C15H23N3O/c1-5-18(6-2)15(19)14-11-13(8-10-17-14)16-9-7-12(3)4/h7-8,10-11H,5-6,9H2,1-4H3,(H,16,17). The molecule has 0 aromatic carbocycles. The molecule has 0 saturated heterocycles. The molecule has 1 N–H and O–H groups in total. The van der Waals surface area contributed by atoms with Crippen molar-refractivity contribution < 1.29 is 4.79 Å². The summed E-state index contributed by atoms with van der Waals surface area (Å²) in [6.45, 7) is 10.2. The Bertz CT molecular complexity index is 446. The molecule has 0 aliphatic carbocycles. The van der Waals surface area contributed by atoms with Crippen LogP contribution in [0.3, 0.4) is 0 Å². The van der Waals surface area contributed by atoms with Gasteiger partial charge in [-0.25, -0.2) is 0 Å². The SMILES string of the molecule is CCN(CC)C(=O)c1cc(NCC=C(C)C)ccn1. The fourth-order valence-electron chi connectivity index (χ4n) is 1.70. The van der Waals surface area contributed by atoms with Gasteiger partial charge in [0, 0.05) is 31.5 Å². The summed E-state index contributed by atoms with van der Waals surface area (Å²) in [5.74, 6) is -0.0177. The third-order valence-electron chi connectivity index (χ3n) is 2.85. The van der Waals surface area contributed by atoms with Gasteiger partial charge in [-0.2, -0.15) is 0 Å². The molecule has 4 nitrogen and oxygen atoms in total. The number of nitrogens with one attached hydrogen (secondary N) is 1. The van der Waals surface area contributed by atoms with Crippen molar-refractivity contribution in [3.05, 3.63) is 35.7 Å². The van der Waals surface area contributed by atoms with Crippen LogP contribution in [-0.2, 0) is 0 Å². The third-order valence-corrected chi connectivity index (χ3v) is 2.85.